The maximum atomic E-state index is 4.08. The molecule has 2 heterocycles. The number of hydrogen-bond acceptors (Lipinski definition) is 3. The minimum absolute atomic E-state index is 0.481. The maximum Gasteiger partial charge on any atom is 0.0946 e. The van der Waals surface area contributed by atoms with Crippen LogP contribution in [0.3, 0.4) is 0 Å². The van der Waals surface area contributed by atoms with Gasteiger partial charge in [-0.25, -0.2) is 4.98 Å². The van der Waals surface area contributed by atoms with Gasteiger partial charge >= 0.3 is 0 Å². The van der Waals surface area contributed by atoms with Crippen LogP contribution in [0.4, 0.5) is 0 Å². The molecule has 2 atom stereocenters. The summed E-state index contributed by atoms with van der Waals surface area (Å²) in [5.41, 5.74) is 0.481. The first kappa shape index (κ1) is 13.0. The first-order valence-electron chi connectivity index (χ1n) is 6.35. The molecule has 0 radical (unpaired) electrons. The number of imidazole rings is 1. The third-order valence-corrected chi connectivity index (χ3v) is 4.80. The van der Waals surface area contributed by atoms with Crippen molar-refractivity contribution in [2.45, 2.75) is 45.8 Å². The van der Waals surface area contributed by atoms with E-state index in [9.17, 15) is 0 Å². The predicted octanol–water partition coefficient (Wildman–Crippen LogP) is 2.39. The van der Waals surface area contributed by atoms with Gasteiger partial charge in [0.2, 0.25) is 0 Å². The average molecular weight is 253 g/mol. The van der Waals surface area contributed by atoms with Gasteiger partial charge in [0.05, 0.1) is 6.33 Å². The molecular weight excluding hydrogens is 230 g/mol. The number of nitrogens with one attached hydrogen (secondary N) is 1. The van der Waals surface area contributed by atoms with Gasteiger partial charge < -0.3 is 9.88 Å². The molecule has 1 aliphatic heterocycles. The predicted molar refractivity (Wildman–Crippen MR) is 74.3 cm³/mol. The van der Waals surface area contributed by atoms with E-state index in [0.29, 0.717) is 17.5 Å². The summed E-state index contributed by atoms with van der Waals surface area (Å²) >= 11 is 2.08. The Morgan fingerprint density at radius 2 is 2.41 bits per heavy atom. The Bertz CT molecular complexity index is 334. The lowest BCUT2D eigenvalue weighted by Gasteiger charge is -2.36. The van der Waals surface area contributed by atoms with E-state index in [-0.39, 0.29) is 0 Å². The van der Waals surface area contributed by atoms with Crippen LogP contribution in [0.1, 0.15) is 27.2 Å². The molecule has 1 aromatic heterocycles. The van der Waals surface area contributed by atoms with Crippen molar-refractivity contribution >= 4 is 11.8 Å². The maximum absolute atomic E-state index is 4.08. The fourth-order valence-corrected chi connectivity index (χ4v) is 3.82. The van der Waals surface area contributed by atoms with Gasteiger partial charge in [0, 0.05) is 36.8 Å². The molecule has 1 saturated heterocycles. The second-order valence-electron chi connectivity index (χ2n) is 5.91. The molecule has 0 spiro atoms. The first-order valence-corrected chi connectivity index (χ1v) is 7.50. The van der Waals surface area contributed by atoms with Crippen LogP contribution in [-0.2, 0) is 6.54 Å². The zero-order chi connectivity index (χ0) is 12.3. The van der Waals surface area contributed by atoms with Crippen LogP contribution in [-0.4, -0.2) is 33.1 Å². The van der Waals surface area contributed by atoms with Gasteiger partial charge in [-0.2, -0.15) is 11.8 Å². The van der Waals surface area contributed by atoms with E-state index < -0.39 is 0 Å². The fraction of sp³-hybridized carbons (Fsp3) is 0.769. The second kappa shape index (κ2) is 5.44. The lowest BCUT2D eigenvalue weighted by Crippen LogP contribution is -2.45. The van der Waals surface area contributed by atoms with Crippen molar-refractivity contribution in [3.8, 4) is 0 Å². The van der Waals surface area contributed by atoms with Gasteiger partial charge in [-0.05, 0) is 24.5 Å². The van der Waals surface area contributed by atoms with Crippen molar-refractivity contribution in [3.63, 3.8) is 0 Å². The Hall–Kier alpha value is -0.480. The van der Waals surface area contributed by atoms with Gasteiger partial charge in [0.1, 0.15) is 0 Å². The molecule has 2 unspecified atom stereocenters. The van der Waals surface area contributed by atoms with Crippen LogP contribution in [0.15, 0.2) is 18.7 Å². The fourth-order valence-electron chi connectivity index (χ4n) is 2.54. The molecule has 3 nitrogen and oxygen atoms in total. The highest BCUT2D eigenvalue weighted by Crippen LogP contribution is 2.33. The summed E-state index contributed by atoms with van der Waals surface area (Å²) in [6.45, 7) is 8.00. The summed E-state index contributed by atoms with van der Waals surface area (Å²) in [5, 5.41) is 3.74. The Balaban J connectivity index is 1.80. The van der Waals surface area contributed by atoms with Crippen LogP contribution in [0, 0.1) is 5.41 Å². The third-order valence-electron chi connectivity index (χ3n) is 3.17. The molecule has 0 bridgehead atoms. The molecule has 2 rings (SSSR count). The highest BCUT2D eigenvalue weighted by atomic mass is 32.2. The molecule has 17 heavy (non-hydrogen) atoms. The van der Waals surface area contributed by atoms with Crippen LogP contribution >= 0.6 is 11.8 Å². The van der Waals surface area contributed by atoms with Crippen LogP contribution < -0.4 is 5.32 Å². The highest BCUT2D eigenvalue weighted by molar-refractivity contribution is 7.99. The summed E-state index contributed by atoms with van der Waals surface area (Å²) in [6, 6.07) is 1.16. The highest BCUT2D eigenvalue weighted by Gasteiger charge is 2.28. The van der Waals surface area contributed by atoms with Crippen molar-refractivity contribution in [2.24, 2.45) is 5.41 Å². The lowest BCUT2D eigenvalue weighted by molar-refractivity contribution is 0.296. The van der Waals surface area contributed by atoms with Crippen molar-refractivity contribution in [1.82, 2.24) is 14.9 Å². The molecule has 0 aliphatic carbocycles. The SMILES string of the molecule is CC(Cn1ccnc1)NC1CSCC(C)(C)C1. The molecule has 4 heteroatoms. The van der Waals surface area contributed by atoms with Crippen LogP contribution in [0.2, 0.25) is 0 Å². The number of thioether (sulfide) groups is 1. The largest absolute Gasteiger partial charge is 0.336 e. The van der Waals surface area contributed by atoms with Crippen LogP contribution in [0.5, 0.6) is 0 Å². The molecule has 0 amide bonds. The standard InChI is InChI=1S/C13H23N3S/c1-11(7-16-5-4-14-10-16)15-12-6-13(2,3)9-17-8-12/h4-5,10-12,15H,6-9H2,1-3H3. The molecule has 1 aliphatic rings. The molecule has 0 aromatic carbocycles. The van der Waals surface area contributed by atoms with Crippen molar-refractivity contribution in [2.75, 3.05) is 11.5 Å². The first-order chi connectivity index (χ1) is 8.05. The van der Waals surface area contributed by atoms with Crippen molar-refractivity contribution < 1.29 is 0 Å². The Kier molecular flexibility index (Phi) is 4.15. The summed E-state index contributed by atoms with van der Waals surface area (Å²) in [5.74, 6) is 2.54. The number of hydrogen-bond donors (Lipinski definition) is 1. The molecule has 96 valence electrons. The smallest absolute Gasteiger partial charge is 0.0946 e. The summed E-state index contributed by atoms with van der Waals surface area (Å²) < 4.78 is 2.14. The Morgan fingerprint density at radius 3 is 3.06 bits per heavy atom. The van der Waals surface area contributed by atoms with Gasteiger partial charge in [0.15, 0.2) is 0 Å². The quantitative estimate of drug-likeness (QED) is 0.893. The monoisotopic (exact) mass is 253 g/mol. The minimum atomic E-state index is 0.481. The van der Waals surface area contributed by atoms with Gasteiger partial charge in [-0.1, -0.05) is 13.8 Å². The Labute approximate surface area is 108 Å². The zero-order valence-electron chi connectivity index (χ0n) is 11.0. The summed E-state index contributed by atoms with van der Waals surface area (Å²) in [6.07, 6.45) is 7.04. The van der Waals surface area contributed by atoms with Gasteiger partial charge in [0.25, 0.3) is 0 Å². The van der Waals surface area contributed by atoms with E-state index in [4.69, 9.17) is 0 Å². The van der Waals surface area contributed by atoms with E-state index >= 15 is 0 Å². The lowest BCUT2D eigenvalue weighted by atomic mass is 9.87. The van der Waals surface area contributed by atoms with E-state index in [1.807, 2.05) is 18.7 Å². The van der Waals surface area contributed by atoms with Crippen molar-refractivity contribution in [1.29, 1.82) is 0 Å². The number of rotatable bonds is 4. The third kappa shape index (κ3) is 4.03. The molecule has 0 saturated carbocycles. The summed E-state index contributed by atoms with van der Waals surface area (Å²) in [4.78, 5) is 4.08. The molecular formula is C13H23N3S. The van der Waals surface area contributed by atoms with E-state index in [1.165, 1.54) is 17.9 Å². The van der Waals surface area contributed by atoms with E-state index in [0.717, 1.165) is 6.54 Å². The molecule has 1 N–H and O–H groups in total. The molecule has 1 aromatic rings. The molecule has 1 fully saturated rings. The normalized spacial score (nSPS) is 25.7. The second-order valence-corrected chi connectivity index (χ2v) is 6.94. The van der Waals surface area contributed by atoms with E-state index in [2.05, 4.69) is 47.4 Å². The number of aromatic nitrogens is 2. The minimum Gasteiger partial charge on any atom is -0.336 e. The summed E-state index contributed by atoms with van der Waals surface area (Å²) in [7, 11) is 0. The number of nitrogens with zero attached hydrogens (tertiary/aromatic N) is 2. The van der Waals surface area contributed by atoms with Crippen molar-refractivity contribution in [3.05, 3.63) is 18.7 Å². The Morgan fingerprint density at radius 1 is 1.59 bits per heavy atom. The topological polar surface area (TPSA) is 29.9 Å². The average Bonchev–Trinajstić information content (AvgIpc) is 2.68. The van der Waals surface area contributed by atoms with Crippen LogP contribution in [0.25, 0.3) is 0 Å². The zero-order valence-corrected chi connectivity index (χ0v) is 11.8. The van der Waals surface area contributed by atoms with Gasteiger partial charge in [-0.15, -0.1) is 0 Å². The van der Waals surface area contributed by atoms with E-state index in [1.54, 1.807) is 0 Å². The van der Waals surface area contributed by atoms with Gasteiger partial charge in [-0.3, -0.25) is 0 Å².